The van der Waals surface area contributed by atoms with Crippen LogP contribution in [0.5, 0.6) is 0 Å². The molecule has 0 aromatic carbocycles. The van der Waals surface area contributed by atoms with E-state index in [1.807, 2.05) is 0 Å². The van der Waals surface area contributed by atoms with Gasteiger partial charge in [-0.15, -0.1) is 20.8 Å². The molecule has 2 saturated heterocycles. The van der Waals surface area contributed by atoms with Crippen LogP contribution in [0.25, 0.3) is 0 Å². The third kappa shape index (κ3) is 4.17. The maximum atomic E-state index is 4.11. The maximum Gasteiger partial charge on any atom is 0.0321 e. The molecule has 4 nitrogen and oxygen atoms in total. The van der Waals surface area contributed by atoms with Crippen LogP contribution in [0.15, 0.2) is 24.0 Å². The Labute approximate surface area is 170 Å². The van der Waals surface area contributed by atoms with Crippen molar-refractivity contribution in [3.05, 3.63) is 24.0 Å². The van der Waals surface area contributed by atoms with E-state index in [9.17, 15) is 0 Å². The van der Waals surface area contributed by atoms with Gasteiger partial charge in [0.1, 0.15) is 0 Å². The Morgan fingerprint density at radius 2 is 1.00 bits per heavy atom. The molecule has 0 aliphatic carbocycles. The molecule has 0 aromatic rings. The zero-order valence-corrected chi connectivity index (χ0v) is 21.5. The highest BCUT2D eigenvalue weighted by molar-refractivity contribution is 8.45. The fourth-order valence-corrected chi connectivity index (χ4v) is 17.6. The van der Waals surface area contributed by atoms with Crippen LogP contribution in [0.1, 0.15) is 0 Å². The summed E-state index contributed by atoms with van der Waals surface area (Å²) in [5.41, 5.74) is 0. The fourth-order valence-electron chi connectivity index (χ4n) is 4.01. The molecular weight excluding hydrogens is 400 g/mol. The van der Waals surface area contributed by atoms with Gasteiger partial charge in [-0.3, -0.25) is 8.61 Å². The van der Waals surface area contributed by atoms with Crippen LogP contribution >= 0.6 is 41.2 Å². The van der Waals surface area contributed by atoms with Gasteiger partial charge < -0.3 is 0 Å². The monoisotopic (exact) mass is 442 g/mol. The van der Waals surface area contributed by atoms with Crippen molar-refractivity contribution in [1.29, 1.82) is 0 Å². The molecule has 2 aliphatic heterocycles. The quantitative estimate of drug-likeness (QED) is 0.584. The molecule has 2 fully saturated rings. The van der Waals surface area contributed by atoms with Gasteiger partial charge in [0.25, 0.3) is 0 Å². The van der Waals surface area contributed by atoms with E-state index in [0.29, 0.717) is 0 Å². The van der Waals surface area contributed by atoms with Crippen molar-refractivity contribution in [3.63, 3.8) is 0 Å². The van der Waals surface area contributed by atoms with Gasteiger partial charge in [-0.1, -0.05) is 13.2 Å². The summed E-state index contributed by atoms with van der Waals surface area (Å²) in [5.74, 6) is 0. The van der Waals surface area contributed by atoms with Crippen LogP contribution in [0.4, 0.5) is 0 Å². The summed E-state index contributed by atoms with van der Waals surface area (Å²) in [5, 5.41) is 4.38. The van der Waals surface area contributed by atoms with E-state index in [1.54, 1.807) is 0 Å². The zero-order valence-electron chi connectivity index (χ0n) is 18.2. The molecule has 0 atom stereocenters. The molecule has 0 unspecified atom stereocenters. The molecule has 0 spiro atoms. The van der Waals surface area contributed by atoms with E-state index < -0.39 is 41.2 Å². The first-order valence-corrected chi connectivity index (χ1v) is 18.7. The first-order valence-electron chi connectivity index (χ1n) is 9.05. The number of nitrogens with zero attached hydrogens (tertiary/aromatic N) is 4. The van der Waals surface area contributed by atoms with E-state index >= 15 is 0 Å². The van der Waals surface area contributed by atoms with E-state index in [4.69, 9.17) is 0 Å². The fraction of sp³-hybridized carbons (Fsp3) is 0.778. The van der Waals surface area contributed by atoms with E-state index in [2.05, 4.69) is 90.1 Å². The number of rotatable bonds is 7. The molecule has 158 valence electrons. The minimum Gasteiger partial charge on any atom is -0.253 e. The summed E-state index contributed by atoms with van der Waals surface area (Å²) in [6.45, 7) is 15.3. The Morgan fingerprint density at radius 1 is 0.692 bits per heavy atom. The normalized spacial score (nSPS) is 29.4. The highest BCUT2D eigenvalue weighted by Crippen LogP contribution is 2.67. The molecule has 0 saturated carbocycles. The Bertz CT molecular complexity index is 499. The van der Waals surface area contributed by atoms with Gasteiger partial charge in [-0.2, -0.15) is 20.4 Å². The molecule has 0 aromatic heterocycles. The lowest BCUT2D eigenvalue weighted by molar-refractivity contribution is 0.410. The predicted molar refractivity (Wildman–Crippen MR) is 135 cm³/mol. The summed E-state index contributed by atoms with van der Waals surface area (Å²) in [6, 6.07) is 0. The van der Waals surface area contributed by atoms with Crippen molar-refractivity contribution in [2.75, 3.05) is 89.3 Å². The van der Waals surface area contributed by atoms with Crippen LogP contribution < -0.4 is 0 Å². The molecule has 0 amide bonds. The van der Waals surface area contributed by atoms with Crippen LogP contribution in [-0.4, -0.2) is 105 Å². The van der Waals surface area contributed by atoms with Crippen LogP contribution in [0.3, 0.4) is 0 Å². The molecule has 8 heteroatoms. The van der Waals surface area contributed by atoms with Gasteiger partial charge in [-0.05, 0) is 60.9 Å². The molecule has 2 heterocycles. The third-order valence-corrected chi connectivity index (χ3v) is 20.0. The molecule has 0 bridgehead atoms. The summed E-state index contributed by atoms with van der Waals surface area (Å²) >= 11 is 0. The second-order valence-electron chi connectivity index (χ2n) is 8.44. The average molecular weight is 443 g/mol. The van der Waals surface area contributed by atoms with Gasteiger partial charge in [0, 0.05) is 39.3 Å². The molecular formula is C18H42N4S4. The highest BCUT2D eigenvalue weighted by Gasteiger charge is 2.43. The van der Waals surface area contributed by atoms with Crippen LogP contribution in [-0.2, 0) is 0 Å². The Kier molecular flexibility index (Phi) is 6.95. The molecule has 2 aliphatic rings. The third-order valence-electron chi connectivity index (χ3n) is 5.79. The number of hydrogen-bond acceptors (Lipinski definition) is 4. The summed E-state index contributed by atoms with van der Waals surface area (Å²) in [6.07, 6.45) is 19.4. The summed E-state index contributed by atoms with van der Waals surface area (Å²) < 4.78 is 11.0. The minimum atomic E-state index is -0.883. The lowest BCUT2D eigenvalue weighted by atomic mass is 10.5. The SMILES string of the molecule is C=CS(C)(C)N1CCN(CCN2CCN(S(C)(C)C=C)S2(C)C)S1(C)C. The minimum absolute atomic E-state index is 0.862. The Balaban J connectivity index is 2.04. The van der Waals surface area contributed by atoms with Crippen molar-refractivity contribution >= 4 is 41.2 Å². The largest absolute Gasteiger partial charge is 0.253 e. The standard InChI is InChI=1S/C18H42N4S4/c1-11-23(3,4)21-17-15-19(25(21,7)8)13-14-20-16-18-22(26(20,9)10)24(5,6)12-2/h11-12H,1-2,13-18H2,3-10H3. The Morgan fingerprint density at radius 3 is 1.27 bits per heavy atom. The first kappa shape index (κ1) is 23.0. The second-order valence-corrected chi connectivity index (χ2v) is 22.7. The average Bonchev–Trinajstić information content (AvgIpc) is 3.01. The summed E-state index contributed by atoms with van der Waals surface area (Å²) in [7, 11) is -3.49. The van der Waals surface area contributed by atoms with Crippen LogP contribution in [0, 0.1) is 0 Å². The second kappa shape index (κ2) is 7.86. The maximum absolute atomic E-state index is 4.11. The van der Waals surface area contributed by atoms with Gasteiger partial charge in [0.05, 0.1) is 0 Å². The smallest absolute Gasteiger partial charge is 0.0321 e. The molecule has 2 rings (SSSR count). The van der Waals surface area contributed by atoms with E-state index in [0.717, 1.165) is 0 Å². The van der Waals surface area contributed by atoms with Gasteiger partial charge in [0.2, 0.25) is 0 Å². The van der Waals surface area contributed by atoms with Gasteiger partial charge in [-0.25, -0.2) is 7.42 Å². The van der Waals surface area contributed by atoms with Crippen molar-refractivity contribution in [2.45, 2.75) is 0 Å². The van der Waals surface area contributed by atoms with Crippen molar-refractivity contribution in [1.82, 2.24) is 16.0 Å². The first-order chi connectivity index (χ1) is 11.8. The number of hydrogen-bond donors (Lipinski definition) is 0. The van der Waals surface area contributed by atoms with Crippen molar-refractivity contribution in [2.24, 2.45) is 0 Å². The highest BCUT2D eigenvalue weighted by atomic mass is 32.3. The molecule has 26 heavy (non-hydrogen) atoms. The predicted octanol–water partition coefficient (Wildman–Crippen LogP) is 4.26. The van der Waals surface area contributed by atoms with E-state index in [1.165, 1.54) is 39.3 Å². The van der Waals surface area contributed by atoms with Crippen molar-refractivity contribution < 1.29 is 0 Å². The Hall–Kier alpha value is 0.720. The van der Waals surface area contributed by atoms with E-state index in [-0.39, 0.29) is 0 Å². The van der Waals surface area contributed by atoms with Crippen LogP contribution in [0.2, 0.25) is 0 Å². The lowest BCUT2D eigenvalue weighted by Crippen LogP contribution is -2.36. The molecule has 0 radical (unpaired) electrons. The van der Waals surface area contributed by atoms with Gasteiger partial charge in [0.15, 0.2) is 0 Å². The molecule has 0 N–H and O–H groups in total. The zero-order chi connectivity index (χ0) is 20.0. The van der Waals surface area contributed by atoms with Gasteiger partial charge >= 0.3 is 0 Å². The topological polar surface area (TPSA) is 13.0 Å². The summed E-state index contributed by atoms with van der Waals surface area (Å²) in [4.78, 5) is 0. The van der Waals surface area contributed by atoms with Crippen molar-refractivity contribution in [3.8, 4) is 0 Å². The lowest BCUT2D eigenvalue weighted by Gasteiger charge is -2.53.